The Kier molecular flexibility index (Phi) is 9.03. The fourth-order valence-electron chi connectivity index (χ4n) is 1.06. The van der Waals surface area contributed by atoms with Crippen LogP contribution in [0, 0.1) is 0 Å². The molecule has 2 N–H and O–H groups in total. The summed E-state index contributed by atoms with van der Waals surface area (Å²) in [5.74, 6) is 2.11. The Morgan fingerprint density at radius 2 is 2.15 bits per heavy atom. The predicted molar refractivity (Wildman–Crippen MR) is 59.2 cm³/mol. The van der Waals surface area contributed by atoms with Gasteiger partial charge in [0.15, 0.2) is 0 Å². The van der Waals surface area contributed by atoms with E-state index in [0.717, 1.165) is 37.2 Å². The zero-order valence-electron chi connectivity index (χ0n) is 8.70. The summed E-state index contributed by atoms with van der Waals surface area (Å²) >= 11 is 1.83. The predicted octanol–water partition coefficient (Wildman–Crippen LogP) is 2.04. The molecule has 1 aliphatic heterocycles. The van der Waals surface area contributed by atoms with Crippen LogP contribution in [0.4, 0.5) is 0 Å². The van der Waals surface area contributed by atoms with E-state index in [0.29, 0.717) is 0 Å². The highest BCUT2D eigenvalue weighted by atomic mass is 32.2. The van der Waals surface area contributed by atoms with Crippen LogP contribution >= 0.6 is 11.8 Å². The van der Waals surface area contributed by atoms with Crippen molar-refractivity contribution in [1.82, 2.24) is 0 Å². The Bertz CT molecular complexity index is 103. The van der Waals surface area contributed by atoms with Crippen LogP contribution in [-0.4, -0.2) is 33.9 Å². The monoisotopic (exact) mass is 206 g/mol. The summed E-state index contributed by atoms with van der Waals surface area (Å²) in [6, 6.07) is 0. The number of aliphatic hydroxyl groups excluding tert-OH is 2. The summed E-state index contributed by atoms with van der Waals surface area (Å²) < 4.78 is 0. The highest BCUT2D eigenvalue weighted by Crippen LogP contribution is 2.15. The van der Waals surface area contributed by atoms with Crippen LogP contribution in [0.1, 0.15) is 39.5 Å². The molecular formula is C10H22O2S. The van der Waals surface area contributed by atoms with Gasteiger partial charge in [-0.25, -0.2) is 0 Å². The summed E-state index contributed by atoms with van der Waals surface area (Å²) in [5.41, 5.74) is 0. The molecule has 0 bridgehead atoms. The standard InChI is InChI=1S/C6H14O.C4H8OS/c1-3-5-6(7)4-2;5-4-1-2-6-3-4/h6-7H,3-5H2,1-2H3;4-5H,1-3H2. The minimum Gasteiger partial charge on any atom is -0.393 e. The van der Waals surface area contributed by atoms with Gasteiger partial charge >= 0.3 is 0 Å². The third-order valence-electron chi connectivity index (χ3n) is 2.00. The molecule has 0 saturated carbocycles. The largest absolute Gasteiger partial charge is 0.393 e. The van der Waals surface area contributed by atoms with E-state index in [1.54, 1.807) is 0 Å². The highest BCUT2D eigenvalue weighted by molar-refractivity contribution is 7.99. The molecule has 2 unspecified atom stereocenters. The maximum Gasteiger partial charge on any atom is 0.0638 e. The molecule has 80 valence electrons. The average molecular weight is 206 g/mol. The smallest absolute Gasteiger partial charge is 0.0638 e. The van der Waals surface area contributed by atoms with Crippen molar-refractivity contribution in [3.63, 3.8) is 0 Å². The molecule has 0 amide bonds. The summed E-state index contributed by atoms with van der Waals surface area (Å²) in [6.07, 6.45) is 3.91. The zero-order chi connectivity index (χ0) is 10.1. The Hall–Kier alpha value is 0.270. The summed E-state index contributed by atoms with van der Waals surface area (Å²) in [4.78, 5) is 0. The lowest BCUT2D eigenvalue weighted by atomic mass is 10.2. The van der Waals surface area contributed by atoms with Crippen molar-refractivity contribution in [2.75, 3.05) is 11.5 Å². The normalized spacial score (nSPS) is 23.5. The van der Waals surface area contributed by atoms with E-state index in [9.17, 15) is 0 Å². The fraction of sp³-hybridized carbons (Fsp3) is 1.00. The second-order valence-electron chi connectivity index (χ2n) is 3.37. The molecule has 0 aromatic carbocycles. The molecule has 2 nitrogen and oxygen atoms in total. The van der Waals surface area contributed by atoms with E-state index in [2.05, 4.69) is 6.92 Å². The lowest BCUT2D eigenvalue weighted by Gasteiger charge is -2.01. The molecule has 2 atom stereocenters. The van der Waals surface area contributed by atoms with Crippen LogP contribution in [0.25, 0.3) is 0 Å². The number of aliphatic hydroxyl groups is 2. The van der Waals surface area contributed by atoms with Crippen LogP contribution in [0.5, 0.6) is 0 Å². The third-order valence-corrected chi connectivity index (χ3v) is 3.14. The third kappa shape index (κ3) is 8.60. The molecule has 1 saturated heterocycles. The number of rotatable bonds is 3. The minimum atomic E-state index is -0.0509. The Labute approximate surface area is 85.7 Å². The van der Waals surface area contributed by atoms with Gasteiger partial charge in [0, 0.05) is 5.75 Å². The van der Waals surface area contributed by atoms with Gasteiger partial charge < -0.3 is 10.2 Å². The summed E-state index contributed by atoms with van der Waals surface area (Å²) in [7, 11) is 0. The molecule has 1 heterocycles. The van der Waals surface area contributed by atoms with Crippen LogP contribution < -0.4 is 0 Å². The van der Waals surface area contributed by atoms with E-state index < -0.39 is 0 Å². The lowest BCUT2D eigenvalue weighted by molar-refractivity contribution is 0.159. The number of thioether (sulfide) groups is 1. The molecule has 1 aliphatic rings. The van der Waals surface area contributed by atoms with E-state index in [1.807, 2.05) is 18.7 Å². The van der Waals surface area contributed by atoms with Crippen LogP contribution in [0.2, 0.25) is 0 Å². The first-order valence-corrected chi connectivity index (χ1v) is 6.30. The van der Waals surface area contributed by atoms with E-state index >= 15 is 0 Å². The van der Waals surface area contributed by atoms with Crippen molar-refractivity contribution in [3.05, 3.63) is 0 Å². The molecule has 0 aromatic rings. The Morgan fingerprint density at radius 1 is 1.46 bits per heavy atom. The van der Waals surface area contributed by atoms with E-state index in [1.165, 1.54) is 0 Å². The van der Waals surface area contributed by atoms with Gasteiger partial charge in [0.05, 0.1) is 12.2 Å². The Morgan fingerprint density at radius 3 is 2.31 bits per heavy atom. The molecule has 3 heteroatoms. The molecule has 0 aromatic heterocycles. The molecule has 13 heavy (non-hydrogen) atoms. The van der Waals surface area contributed by atoms with Gasteiger partial charge in [0.2, 0.25) is 0 Å². The van der Waals surface area contributed by atoms with Gasteiger partial charge in [-0.05, 0) is 25.0 Å². The van der Waals surface area contributed by atoms with Gasteiger partial charge in [-0.3, -0.25) is 0 Å². The fourth-order valence-corrected chi connectivity index (χ4v) is 2.10. The van der Waals surface area contributed by atoms with Gasteiger partial charge in [0.1, 0.15) is 0 Å². The molecule has 0 spiro atoms. The van der Waals surface area contributed by atoms with Gasteiger partial charge in [-0.1, -0.05) is 20.3 Å². The second-order valence-corrected chi connectivity index (χ2v) is 4.52. The maximum atomic E-state index is 8.86. The minimum absolute atomic E-state index is 0.00926. The Balaban J connectivity index is 0.000000223. The van der Waals surface area contributed by atoms with Gasteiger partial charge in [-0.15, -0.1) is 0 Å². The molecular weight excluding hydrogens is 184 g/mol. The van der Waals surface area contributed by atoms with Crippen LogP contribution in [0.3, 0.4) is 0 Å². The topological polar surface area (TPSA) is 40.5 Å². The second kappa shape index (κ2) is 8.85. The van der Waals surface area contributed by atoms with E-state index in [4.69, 9.17) is 10.2 Å². The molecule has 1 fully saturated rings. The quantitative estimate of drug-likeness (QED) is 0.742. The average Bonchev–Trinajstić information content (AvgIpc) is 2.57. The maximum absolute atomic E-state index is 8.86. The first-order valence-electron chi connectivity index (χ1n) is 5.14. The SMILES string of the molecule is CCCC(O)CC.OC1CCSC1. The van der Waals surface area contributed by atoms with Gasteiger partial charge in [-0.2, -0.15) is 11.8 Å². The zero-order valence-corrected chi connectivity index (χ0v) is 9.52. The van der Waals surface area contributed by atoms with Crippen molar-refractivity contribution in [1.29, 1.82) is 0 Å². The van der Waals surface area contributed by atoms with Crippen molar-refractivity contribution in [2.45, 2.75) is 51.7 Å². The van der Waals surface area contributed by atoms with Crippen molar-refractivity contribution in [2.24, 2.45) is 0 Å². The van der Waals surface area contributed by atoms with Crippen molar-refractivity contribution in [3.8, 4) is 0 Å². The van der Waals surface area contributed by atoms with Crippen molar-refractivity contribution < 1.29 is 10.2 Å². The van der Waals surface area contributed by atoms with Crippen molar-refractivity contribution >= 4 is 11.8 Å². The number of hydrogen-bond donors (Lipinski definition) is 2. The highest BCUT2D eigenvalue weighted by Gasteiger charge is 2.09. The lowest BCUT2D eigenvalue weighted by Crippen LogP contribution is -2.01. The van der Waals surface area contributed by atoms with E-state index in [-0.39, 0.29) is 12.2 Å². The summed E-state index contributed by atoms with van der Waals surface area (Å²) in [5, 5.41) is 17.6. The molecule has 1 rings (SSSR count). The summed E-state index contributed by atoms with van der Waals surface area (Å²) in [6.45, 7) is 4.08. The first-order chi connectivity index (χ1) is 6.20. The van der Waals surface area contributed by atoms with Crippen LogP contribution in [0.15, 0.2) is 0 Å². The molecule has 0 radical (unpaired) electrons. The number of hydrogen-bond acceptors (Lipinski definition) is 3. The first kappa shape index (κ1) is 13.3. The van der Waals surface area contributed by atoms with Gasteiger partial charge in [0.25, 0.3) is 0 Å². The van der Waals surface area contributed by atoms with Crippen LogP contribution in [-0.2, 0) is 0 Å². The molecule has 0 aliphatic carbocycles.